The fraction of sp³-hybridized carbons (Fsp3) is 0.607. The maximum Gasteiger partial charge on any atom is 0.219 e. The maximum absolute atomic E-state index is 11.6. The number of aliphatic hydroxyl groups excluding tert-OH is 2. The number of carbonyl (C=O) groups is 1. The molecule has 5 heteroatoms. The number of ether oxygens (including phenoxy) is 1. The van der Waals surface area contributed by atoms with Gasteiger partial charge < -0.3 is 20.3 Å². The largest absolute Gasteiger partial charge is 0.392 e. The molecule has 0 radical (unpaired) electrons. The molecule has 0 spiro atoms. The van der Waals surface area contributed by atoms with Gasteiger partial charge >= 0.3 is 0 Å². The van der Waals surface area contributed by atoms with Crippen LogP contribution in [-0.2, 0) is 16.0 Å². The summed E-state index contributed by atoms with van der Waals surface area (Å²) in [6, 6.07) is 10.2. The summed E-state index contributed by atoms with van der Waals surface area (Å²) in [5.74, 6) is 0.228. The van der Waals surface area contributed by atoms with Gasteiger partial charge in [-0.1, -0.05) is 54.6 Å². The first-order valence-corrected chi connectivity index (χ1v) is 12.6. The predicted octanol–water partition coefficient (Wildman–Crippen LogP) is 4.58. The molecule has 1 fully saturated rings. The minimum Gasteiger partial charge on any atom is -0.392 e. The number of hydrogen-bond donors (Lipinski definition) is 3. The van der Waals surface area contributed by atoms with Crippen molar-refractivity contribution in [2.45, 2.75) is 90.1 Å². The van der Waals surface area contributed by atoms with Gasteiger partial charge in [0.15, 0.2) is 0 Å². The monoisotopic (exact) mass is 457 g/mol. The van der Waals surface area contributed by atoms with Crippen LogP contribution in [0.25, 0.3) is 0 Å². The first-order chi connectivity index (χ1) is 15.9. The van der Waals surface area contributed by atoms with Gasteiger partial charge in [-0.25, -0.2) is 0 Å². The molecular formula is C28H43NO4. The summed E-state index contributed by atoms with van der Waals surface area (Å²) < 4.78 is 6.13. The second-order valence-electron chi connectivity index (χ2n) is 9.30. The fourth-order valence-corrected chi connectivity index (χ4v) is 4.54. The van der Waals surface area contributed by atoms with Crippen LogP contribution in [0.15, 0.2) is 54.6 Å². The van der Waals surface area contributed by atoms with E-state index in [9.17, 15) is 15.0 Å². The van der Waals surface area contributed by atoms with Crippen LogP contribution in [0.1, 0.15) is 64.9 Å². The van der Waals surface area contributed by atoms with Crippen molar-refractivity contribution in [2.24, 2.45) is 11.8 Å². The third kappa shape index (κ3) is 10.2. The molecule has 0 unspecified atom stereocenters. The molecular weight excluding hydrogens is 414 g/mol. The Morgan fingerprint density at radius 3 is 2.70 bits per heavy atom. The van der Waals surface area contributed by atoms with E-state index >= 15 is 0 Å². The van der Waals surface area contributed by atoms with E-state index in [4.69, 9.17) is 4.74 Å². The number of unbranched alkanes of at least 4 members (excludes halogenated alkanes) is 1. The van der Waals surface area contributed by atoms with Gasteiger partial charge in [-0.3, -0.25) is 4.79 Å². The lowest BCUT2D eigenvalue weighted by Crippen LogP contribution is -2.25. The summed E-state index contributed by atoms with van der Waals surface area (Å²) in [6.45, 7) is 6.65. The predicted molar refractivity (Wildman–Crippen MR) is 134 cm³/mol. The van der Waals surface area contributed by atoms with Gasteiger partial charge in [0.2, 0.25) is 5.91 Å². The van der Waals surface area contributed by atoms with E-state index in [1.54, 1.807) is 0 Å². The van der Waals surface area contributed by atoms with Crippen LogP contribution in [0.4, 0.5) is 0 Å². The Hall–Kier alpha value is -1.95. The number of aryl methyl sites for hydroxylation is 1. The molecule has 0 saturated heterocycles. The van der Waals surface area contributed by atoms with Crippen molar-refractivity contribution < 1.29 is 19.7 Å². The molecule has 0 aliphatic heterocycles. The van der Waals surface area contributed by atoms with Crippen LogP contribution in [-0.4, -0.2) is 47.1 Å². The number of allylic oxidation sites excluding steroid dienone is 2. The van der Waals surface area contributed by atoms with Crippen LogP contribution in [0.5, 0.6) is 0 Å². The first-order valence-electron chi connectivity index (χ1n) is 12.6. The Morgan fingerprint density at radius 1 is 1.24 bits per heavy atom. The summed E-state index contributed by atoms with van der Waals surface area (Å²) in [4.78, 5) is 11.6. The normalized spacial score (nSPS) is 24.2. The van der Waals surface area contributed by atoms with E-state index < -0.39 is 12.2 Å². The molecule has 5 atom stereocenters. The standard InChI is InChI=1S/C28H43NO4/c1-4-29-28(32)15-11-6-5-10-14-25-24(26(31)20-27(25)33-21(2)3)19-18-23(30)17-16-22-12-8-7-9-13-22/h5,7-10,12-13,18-19,21,23-27,30-31H,4,6,11,14-17,20H2,1-3H3,(H,29,32)/b10-5-,19-18+/t23-,24+,25+,26+,27-/m0/s1. The third-order valence-corrected chi connectivity index (χ3v) is 6.19. The third-order valence-electron chi connectivity index (χ3n) is 6.19. The number of benzene rings is 1. The van der Waals surface area contributed by atoms with E-state index in [-0.39, 0.29) is 30.0 Å². The van der Waals surface area contributed by atoms with Gasteiger partial charge in [0.05, 0.1) is 24.4 Å². The molecule has 0 aromatic heterocycles. The van der Waals surface area contributed by atoms with Crippen molar-refractivity contribution in [2.75, 3.05) is 6.54 Å². The van der Waals surface area contributed by atoms with E-state index in [0.717, 1.165) is 25.7 Å². The van der Waals surface area contributed by atoms with Gasteiger partial charge in [0, 0.05) is 25.3 Å². The molecule has 1 aromatic rings. The van der Waals surface area contributed by atoms with Crippen LogP contribution < -0.4 is 5.32 Å². The molecule has 3 N–H and O–H groups in total. The molecule has 1 aliphatic carbocycles. The van der Waals surface area contributed by atoms with Crippen molar-refractivity contribution in [1.29, 1.82) is 0 Å². The highest BCUT2D eigenvalue weighted by atomic mass is 16.5. The summed E-state index contributed by atoms with van der Waals surface area (Å²) in [7, 11) is 0. The number of rotatable bonds is 14. The lowest BCUT2D eigenvalue weighted by molar-refractivity contribution is -0.121. The summed E-state index contributed by atoms with van der Waals surface area (Å²) in [5.41, 5.74) is 1.21. The van der Waals surface area contributed by atoms with Crippen molar-refractivity contribution in [1.82, 2.24) is 5.32 Å². The molecule has 1 aromatic carbocycles. The molecule has 2 rings (SSSR count). The van der Waals surface area contributed by atoms with Crippen molar-refractivity contribution in [3.63, 3.8) is 0 Å². The van der Waals surface area contributed by atoms with Crippen LogP contribution in [0.2, 0.25) is 0 Å². The highest BCUT2D eigenvalue weighted by Gasteiger charge is 2.41. The van der Waals surface area contributed by atoms with Crippen molar-refractivity contribution >= 4 is 5.91 Å². The highest BCUT2D eigenvalue weighted by Crippen LogP contribution is 2.38. The van der Waals surface area contributed by atoms with Crippen molar-refractivity contribution in [3.8, 4) is 0 Å². The minimum atomic E-state index is -0.534. The van der Waals surface area contributed by atoms with E-state index in [1.165, 1.54) is 5.56 Å². The van der Waals surface area contributed by atoms with Crippen LogP contribution >= 0.6 is 0 Å². The number of nitrogens with one attached hydrogen (secondary N) is 1. The van der Waals surface area contributed by atoms with E-state index in [0.29, 0.717) is 25.8 Å². The Balaban J connectivity index is 1.90. The minimum absolute atomic E-state index is 0.00362. The summed E-state index contributed by atoms with van der Waals surface area (Å²) >= 11 is 0. The summed E-state index contributed by atoms with van der Waals surface area (Å²) in [6.07, 6.45) is 12.4. The quantitative estimate of drug-likeness (QED) is 0.282. The number of amides is 1. The van der Waals surface area contributed by atoms with E-state index in [1.807, 2.05) is 51.1 Å². The van der Waals surface area contributed by atoms with Gasteiger partial charge in [-0.15, -0.1) is 0 Å². The molecule has 1 saturated carbocycles. The average molecular weight is 458 g/mol. The molecule has 0 bridgehead atoms. The number of hydrogen-bond acceptors (Lipinski definition) is 4. The average Bonchev–Trinajstić information content (AvgIpc) is 3.07. The second-order valence-corrected chi connectivity index (χ2v) is 9.30. The molecule has 0 heterocycles. The maximum atomic E-state index is 11.6. The fourth-order valence-electron chi connectivity index (χ4n) is 4.54. The molecule has 5 nitrogen and oxygen atoms in total. The van der Waals surface area contributed by atoms with Gasteiger partial charge in [0.25, 0.3) is 0 Å². The number of carbonyl (C=O) groups excluding carboxylic acids is 1. The Labute approximate surface area is 199 Å². The highest BCUT2D eigenvalue weighted by molar-refractivity contribution is 5.75. The van der Waals surface area contributed by atoms with Gasteiger partial charge in [0.1, 0.15) is 0 Å². The Morgan fingerprint density at radius 2 is 2.00 bits per heavy atom. The lowest BCUT2D eigenvalue weighted by atomic mass is 9.89. The van der Waals surface area contributed by atoms with Gasteiger partial charge in [-0.05, 0) is 64.4 Å². The molecule has 33 heavy (non-hydrogen) atoms. The van der Waals surface area contributed by atoms with Crippen molar-refractivity contribution in [3.05, 3.63) is 60.2 Å². The SMILES string of the molecule is CCNC(=O)CCC/C=C\C[C@@H]1[C@@H](/C=C/[C@@H](O)CCc2ccccc2)[C@H](O)C[C@@H]1OC(C)C. The first kappa shape index (κ1) is 27.3. The Bertz CT molecular complexity index is 731. The molecule has 184 valence electrons. The lowest BCUT2D eigenvalue weighted by Gasteiger charge is -2.24. The number of aliphatic hydroxyl groups is 2. The van der Waals surface area contributed by atoms with Crippen LogP contribution in [0.3, 0.4) is 0 Å². The molecule has 1 aliphatic rings. The zero-order valence-electron chi connectivity index (χ0n) is 20.5. The topological polar surface area (TPSA) is 78.8 Å². The zero-order chi connectivity index (χ0) is 24.1. The second kappa shape index (κ2) is 15.0. The van der Waals surface area contributed by atoms with Gasteiger partial charge in [-0.2, -0.15) is 0 Å². The smallest absolute Gasteiger partial charge is 0.219 e. The van der Waals surface area contributed by atoms with Crippen LogP contribution in [0, 0.1) is 11.8 Å². The summed E-state index contributed by atoms with van der Waals surface area (Å²) in [5, 5.41) is 24.0. The molecule has 1 amide bonds. The Kier molecular flexibility index (Phi) is 12.4. The zero-order valence-corrected chi connectivity index (χ0v) is 20.5. The van der Waals surface area contributed by atoms with E-state index in [2.05, 4.69) is 29.6 Å².